The van der Waals surface area contributed by atoms with Gasteiger partial charge in [-0.05, 0) is 49.8 Å². The number of rotatable bonds is 1. The Bertz CT molecular complexity index is 538. The highest BCUT2D eigenvalue weighted by atomic mass is 32.2. The maximum atomic E-state index is 5.06. The van der Waals surface area contributed by atoms with Crippen LogP contribution < -0.4 is 5.32 Å². The predicted molar refractivity (Wildman–Crippen MR) is 89.8 cm³/mol. The standard InChI is InChI=1S/C17H24N2S/c1-12-6-5-9-17(10-12)11-20-16(19-17)18-15-8-4-7-13(2)14(15)3/h4,7-8,12H,5-6,9-11H2,1-3H3,(H,18,19). The van der Waals surface area contributed by atoms with E-state index in [-0.39, 0.29) is 5.54 Å². The summed E-state index contributed by atoms with van der Waals surface area (Å²) >= 11 is 1.90. The summed E-state index contributed by atoms with van der Waals surface area (Å²) in [7, 11) is 0. The number of aliphatic imine (C=N–C) groups is 1. The molecule has 108 valence electrons. The van der Waals surface area contributed by atoms with Crippen LogP contribution in [0.15, 0.2) is 23.2 Å². The van der Waals surface area contributed by atoms with Crippen molar-refractivity contribution in [3.05, 3.63) is 29.3 Å². The average Bonchev–Trinajstić information content (AvgIpc) is 2.77. The minimum atomic E-state index is 0.225. The van der Waals surface area contributed by atoms with Gasteiger partial charge >= 0.3 is 0 Å². The molecule has 0 bridgehead atoms. The normalized spacial score (nSPS) is 29.6. The lowest BCUT2D eigenvalue weighted by Gasteiger charge is -2.33. The lowest BCUT2D eigenvalue weighted by Crippen LogP contribution is -2.33. The fourth-order valence-corrected chi connectivity index (χ4v) is 4.59. The molecule has 1 aliphatic heterocycles. The largest absolute Gasteiger partial charge is 0.335 e. The van der Waals surface area contributed by atoms with Gasteiger partial charge in [-0.2, -0.15) is 0 Å². The molecule has 2 atom stereocenters. The molecule has 20 heavy (non-hydrogen) atoms. The second-order valence-corrected chi connectivity index (χ2v) is 7.47. The van der Waals surface area contributed by atoms with Crippen LogP contribution in [0.2, 0.25) is 0 Å². The van der Waals surface area contributed by atoms with Crippen LogP contribution in [0.3, 0.4) is 0 Å². The Labute approximate surface area is 126 Å². The van der Waals surface area contributed by atoms with Gasteiger partial charge in [0, 0.05) is 11.4 Å². The van der Waals surface area contributed by atoms with Crippen LogP contribution in [0, 0.1) is 19.8 Å². The molecule has 3 rings (SSSR count). The Kier molecular flexibility index (Phi) is 3.80. The summed E-state index contributed by atoms with van der Waals surface area (Å²) in [6.07, 6.45) is 5.24. The summed E-state index contributed by atoms with van der Waals surface area (Å²) in [5, 5.41) is 4.67. The van der Waals surface area contributed by atoms with E-state index in [1.54, 1.807) is 0 Å². The van der Waals surface area contributed by atoms with Crippen LogP contribution in [-0.2, 0) is 0 Å². The van der Waals surface area contributed by atoms with E-state index >= 15 is 0 Å². The third-order valence-corrected chi connectivity index (χ3v) is 5.88. The third-order valence-electron chi connectivity index (χ3n) is 4.73. The quantitative estimate of drug-likeness (QED) is 0.805. The molecule has 1 aromatic rings. The van der Waals surface area contributed by atoms with Crippen molar-refractivity contribution in [2.75, 3.05) is 11.1 Å². The molecule has 3 heteroatoms. The molecule has 1 fully saturated rings. The van der Waals surface area contributed by atoms with Gasteiger partial charge in [0.15, 0.2) is 5.17 Å². The average molecular weight is 288 g/mol. The highest BCUT2D eigenvalue weighted by Gasteiger charge is 2.39. The zero-order valence-electron chi connectivity index (χ0n) is 12.7. The highest BCUT2D eigenvalue weighted by Crippen LogP contribution is 2.42. The number of thioether (sulfide) groups is 1. The summed E-state index contributed by atoms with van der Waals surface area (Å²) < 4.78 is 0. The number of amidine groups is 1. The van der Waals surface area contributed by atoms with Gasteiger partial charge in [0.25, 0.3) is 0 Å². The minimum Gasteiger partial charge on any atom is -0.335 e. The molecule has 2 unspecified atom stereocenters. The van der Waals surface area contributed by atoms with Crippen LogP contribution >= 0.6 is 11.8 Å². The molecular weight excluding hydrogens is 264 g/mol. The Balaban J connectivity index is 1.77. The van der Waals surface area contributed by atoms with Gasteiger partial charge in [0.2, 0.25) is 0 Å². The summed E-state index contributed by atoms with van der Waals surface area (Å²) in [6.45, 7) is 6.71. The van der Waals surface area contributed by atoms with E-state index in [0.29, 0.717) is 0 Å². The van der Waals surface area contributed by atoms with Crippen LogP contribution in [0.5, 0.6) is 0 Å². The predicted octanol–water partition coefficient (Wildman–Crippen LogP) is 4.77. The zero-order valence-corrected chi connectivity index (χ0v) is 13.5. The summed E-state index contributed by atoms with van der Waals surface area (Å²) in [5.74, 6) is 1.98. The lowest BCUT2D eigenvalue weighted by molar-refractivity contribution is 0.266. The van der Waals surface area contributed by atoms with Crippen LogP contribution in [0.1, 0.15) is 43.7 Å². The van der Waals surface area contributed by atoms with E-state index in [0.717, 1.165) is 16.8 Å². The van der Waals surface area contributed by atoms with Gasteiger partial charge in [0.1, 0.15) is 0 Å². The maximum absolute atomic E-state index is 5.06. The zero-order chi connectivity index (χ0) is 14.2. The lowest BCUT2D eigenvalue weighted by atomic mass is 9.78. The first-order valence-corrected chi connectivity index (χ1v) is 8.62. The minimum absolute atomic E-state index is 0.225. The monoisotopic (exact) mass is 288 g/mol. The topological polar surface area (TPSA) is 24.4 Å². The van der Waals surface area contributed by atoms with Gasteiger partial charge in [-0.3, -0.25) is 4.99 Å². The first kappa shape index (κ1) is 14.0. The summed E-state index contributed by atoms with van der Waals surface area (Å²) in [5.41, 5.74) is 4.09. The Morgan fingerprint density at radius 2 is 2.20 bits per heavy atom. The molecule has 0 radical (unpaired) electrons. The molecule has 1 N–H and O–H groups in total. The van der Waals surface area contributed by atoms with Gasteiger partial charge in [-0.25, -0.2) is 0 Å². The Hall–Kier alpha value is -0.960. The van der Waals surface area contributed by atoms with Crippen molar-refractivity contribution in [3.8, 4) is 0 Å². The van der Waals surface area contributed by atoms with Crippen molar-refractivity contribution in [3.63, 3.8) is 0 Å². The summed E-state index contributed by atoms with van der Waals surface area (Å²) in [4.78, 5) is 5.06. The molecule has 1 saturated carbocycles. The van der Waals surface area contributed by atoms with E-state index in [4.69, 9.17) is 4.99 Å². The second-order valence-electron chi connectivity index (χ2n) is 6.50. The second kappa shape index (κ2) is 5.44. The third kappa shape index (κ3) is 2.73. The van der Waals surface area contributed by atoms with E-state index in [1.807, 2.05) is 11.8 Å². The van der Waals surface area contributed by atoms with Gasteiger partial charge < -0.3 is 5.32 Å². The molecule has 2 nitrogen and oxygen atoms in total. The Morgan fingerprint density at radius 3 is 3.00 bits per heavy atom. The number of benzene rings is 1. The fourth-order valence-electron chi connectivity index (χ4n) is 3.41. The molecular formula is C17H24N2S. The van der Waals surface area contributed by atoms with Crippen molar-refractivity contribution in [2.24, 2.45) is 10.9 Å². The van der Waals surface area contributed by atoms with Crippen LogP contribution in [0.25, 0.3) is 0 Å². The van der Waals surface area contributed by atoms with E-state index < -0.39 is 0 Å². The van der Waals surface area contributed by atoms with Crippen molar-refractivity contribution < 1.29 is 0 Å². The number of hydrogen-bond donors (Lipinski definition) is 1. The molecule has 0 saturated heterocycles. The van der Waals surface area contributed by atoms with Gasteiger partial charge in [-0.1, -0.05) is 43.7 Å². The molecule has 0 amide bonds. The smallest absolute Gasteiger partial charge is 0.161 e. The number of aryl methyl sites for hydroxylation is 1. The van der Waals surface area contributed by atoms with Crippen LogP contribution in [0.4, 0.5) is 5.69 Å². The molecule has 1 heterocycles. The fraction of sp³-hybridized carbons (Fsp3) is 0.588. The first-order valence-electron chi connectivity index (χ1n) is 7.64. The van der Waals surface area contributed by atoms with E-state index in [2.05, 4.69) is 44.3 Å². The number of anilines is 1. The molecule has 2 aliphatic rings. The molecule has 1 aliphatic carbocycles. The van der Waals surface area contributed by atoms with Crippen molar-refractivity contribution in [1.82, 2.24) is 0 Å². The molecule has 1 spiro atoms. The first-order chi connectivity index (χ1) is 9.58. The van der Waals surface area contributed by atoms with Crippen LogP contribution in [-0.4, -0.2) is 16.5 Å². The van der Waals surface area contributed by atoms with Crippen molar-refractivity contribution in [2.45, 2.75) is 52.0 Å². The van der Waals surface area contributed by atoms with Gasteiger partial charge in [-0.15, -0.1) is 0 Å². The van der Waals surface area contributed by atoms with Crippen molar-refractivity contribution >= 4 is 22.6 Å². The maximum Gasteiger partial charge on any atom is 0.161 e. The number of nitrogens with zero attached hydrogens (tertiary/aromatic N) is 1. The number of hydrogen-bond acceptors (Lipinski definition) is 3. The van der Waals surface area contributed by atoms with E-state index in [9.17, 15) is 0 Å². The SMILES string of the molecule is Cc1cccc(NC2=NC3(CCCC(C)C3)CS2)c1C. The molecule has 1 aromatic carbocycles. The highest BCUT2D eigenvalue weighted by molar-refractivity contribution is 8.14. The van der Waals surface area contributed by atoms with Crippen molar-refractivity contribution in [1.29, 1.82) is 0 Å². The number of nitrogens with one attached hydrogen (secondary N) is 1. The van der Waals surface area contributed by atoms with Gasteiger partial charge in [0.05, 0.1) is 5.54 Å². The summed E-state index contributed by atoms with van der Waals surface area (Å²) in [6, 6.07) is 6.43. The Morgan fingerprint density at radius 1 is 1.35 bits per heavy atom. The van der Waals surface area contributed by atoms with E-state index in [1.165, 1.54) is 42.5 Å². The molecule has 0 aromatic heterocycles.